The van der Waals surface area contributed by atoms with Crippen LogP contribution in [-0.4, -0.2) is 15.4 Å². The third kappa shape index (κ3) is 4.49. The van der Waals surface area contributed by atoms with Gasteiger partial charge in [0.05, 0.1) is 10.6 Å². The van der Waals surface area contributed by atoms with Gasteiger partial charge >= 0.3 is 0 Å². The molecule has 0 aliphatic heterocycles. The van der Waals surface area contributed by atoms with Gasteiger partial charge in [-0.15, -0.1) is 11.3 Å². The molecule has 0 bridgehead atoms. The van der Waals surface area contributed by atoms with Gasteiger partial charge < -0.3 is 4.57 Å². The van der Waals surface area contributed by atoms with E-state index in [1.807, 2.05) is 35.8 Å². The van der Waals surface area contributed by atoms with Gasteiger partial charge in [0.15, 0.2) is 4.80 Å². The van der Waals surface area contributed by atoms with Crippen LogP contribution >= 0.6 is 38.9 Å². The van der Waals surface area contributed by atoms with E-state index in [0.29, 0.717) is 11.3 Å². The van der Waals surface area contributed by atoms with Gasteiger partial charge in [0, 0.05) is 27.5 Å². The number of nitrogens with zero attached hydrogens (tertiary/aromatic N) is 3. The molecule has 3 rings (SSSR count). The Morgan fingerprint density at radius 3 is 2.52 bits per heavy atom. The minimum atomic E-state index is -0.614. The molecule has 0 spiro atoms. The van der Waals surface area contributed by atoms with Crippen molar-refractivity contribution < 1.29 is 9.72 Å². The number of thiazole rings is 1. The van der Waals surface area contributed by atoms with Crippen molar-refractivity contribution in [2.45, 2.75) is 26.8 Å². The van der Waals surface area contributed by atoms with Crippen molar-refractivity contribution >= 4 is 50.5 Å². The molecular formula is C20H17BrClN3O3S. The van der Waals surface area contributed by atoms with E-state index in [9.17, 15) is 14.9 Å². The van der Waals surface area contributed by atoms with E-state index < -0.39 is 10.8 Å². The number of hydrogen-bond donors (Lipinski definition) is 0. The molecule has 2 aromatic carbocycles. The summed E-state index contributed by atoms with van der Waals surface area (Å²) in [5.74, 6) is -0.543. The summed E-state index contributed by atoms with van der Waals surface area (Å²) in [5.41, 5.74) is 1.88. The summed E-state index contributed by atoms with van der Waals surface area (Å²) in [4.78, 5) is 29.1. The zero-order chi connectivity index (χ0) is 21.1. The topological polar surface area (TPSA) is 77.5 Å². The molecule has 0 radical (unpaired) electrons. The third-order valence-corrected chi connectivity index (χ3v) is 6.39. The lowest BCUT2D eigenvalue weighted by Crippen LogP contribution is -2.17. The fourth-order valence-corrected chi connectivity index (χ4v) is 4.54. The Hall–Kier alpha value is -2.29. The standard InChI is InChI=1S/C20H17BrClN3O3S/c1-3-17-18(12-5-8-14(21)9-6-12)24(4-2)20(29-17)23-19(26)13-7-10-15(22)16(11-13)25(27)28/h5-11H,3-4H2,1-2H3. The predicted octanol–water partition coefficient (Wildman–Crippen LogP) is 5.86. The number of hydrogen-bond acceptors (Lipinski definition) is 4. The quantitative estimate of drug-likeness (QED) is 0.329. The van der Waals surface area contributed by atoms with Gasteiger partial charge in [0.25, 0.3) is 11.6 Å². The number of aromatic nitrogens is 1. The van der Waals surface area contributed by atoms with E-state index >= 15 is 0 Å². The lowest BCUT2D eigenvalue weighted by Gasteiger charge is -2.08. The highest BCUT2D eigenvalue weighted by atomic mass is 79.9. The fraction of sp³-hybridized carbons (Fsp3) is 0.200. The van der Waals surface area contributed by atoms with Crippen LogP contribution < -0.4 is 4.80 Å². The molecule has 150 valence electrons. The minimum absolute atomic E-state index is 0.0166. The summed E-state index contributed by atoms with van der Waals surface area (Å²) in [6.07, 6.45) is 0.798. The van der Waals surface area contributed by atoms with Crippen molar-refractivity contribution in [3.63, 3.8) is 0 Å². The number of nitro groups is 1. The molecule has 6 nitrogen and oxygen atoms in total. The van der Waals surface area contributed by atoms with Crippen molar-refractivity contribution in [2.75, 3.05) is 0 Å². The summed E-state index contributed by atoms with van der Waals surface area (Å²) in [7, 11) is 0. The molecule has 0 atom stereocenters. The first-order valence-electron chi connectivity index (χ1n) is 8.87. The highest BCUT2D eigenvalue weighted by molar-refractivity contribution is 9.10. The average molecular weight is 495 g/mol. The predicted molar refractivity (Wildman–Crippen MR) is 118 cm³/mol. The van der Waals surface area contributed by atoms with Crippen molar-refractivity contribution in [1.82, 2.24) is 4.57 Å². The lowest BCUT2D eigenvalue weighted by atomic mass is 10.1. The molecule has 9 heteroatoms. The van der Waals surface area contributed by atoms with Crippen LogP contribution in [0.1, 0.15) is 29.1 Å². The van der Waals surface area contributed by atoms with Crippen molar-refractivity contribution in [1.29, 1.82) is 0 Å². The van der Waals surface area contributed by atoms with Crippen LogP contribution in [0.25, 0.3) is 11.3 Å². The molecule has 0 unspecified atom stereocenters. The summed E-state index contributed by atoms with van der Waals surface area (Å²) in [5, 5.41) is 11.1. The molecule has 0 aliphatic carbocycles. The Balaban J connectivity index is 2.12. The van der Waals surface area contributed by atoms with E-state index in [-0.39, 0.29) is 16.3 Å². The molecule has 1 heterocycles. The zero-order valence-electron chi connectivity index (χ0n) is 15.7. The van der Waals surface area contributed by atoms with Gasteiger partial charge in [-0.2, -0.15) is 4.99 Å². The number of nitro benzene ring substituents is 1. The minimum Gasteiger partial charge on any atom is -0.316 e. The second-order valence-electron chi connectivity index (χ2n) is 6.10. The number of amides is 1. The number of carbonyl (C=O) groups excluding carboxylic acids is 1. The molecule has 0 saturated carbocycles. The van der Waals surface area contributed by atoms with Gasteiger partial charge in [0.1, 0.15) is 5.02 Å². The Bertz CT molecular complexity index is 1150. The first kappa shape index (κ1) is 21.4. The van der Waals surface area contributed by atoms with Gasteiger partial charge in [-0.25, -0.2) is 0 Å². The lowest BCUT2D eigenvalue weighted by molar-refractivity contribution is -0.384. The van der Waals surface area contributed by atoms with Crippen LogP contribution in [0.3, 0.4) is 0 Å². The maximum Gasteiger partial charge on any atom is 0.288 e. The first-order valence-corrected chi connectivity index (χ1v) is 10.9. The maximum atomic E-state index is 12.7. The smallest absolute Gasteiger partial charge is 0.288 e. The highest BCUT2D eigenvalue weighted by Gasteiger charge is 2.18. The Kier molecular flexibility index (Phi) is 6.66. The van der Waals surface area contributed by atoms with Gasteiger partial charge in [-0.1, -0.05) is 46.6 Å². The van der Waals surface area contributed by atoms with Crippen LogP contribution in [0, 0.1) is 10.1 Å². The number of aryl methyl sites for hydroxylation is 1. The molecule has 0 aliphatic rings. The molecule has 29 heavy (non-hydrogen) atoms. The van der Waals surface area contributed by atoms with Crippen LogP contribution in [0.4, 0.5) is 5.69 Å². The molecule has 1 amide bonds. The highest BCUT2D eigenvalue weighted by Crippen LogP contribution is 2.28. The van der Waals surface area contributed by atoms with E-state index in [0.717, 1.165) is 33.1 Å². The van der Waals surface area contributed by atoms with Crippen molar-refractivity contribution in [3.05, 3.63) is 77.3 Å². The van der Waals surface area contributed by atoms with Crippen molar-refractivity contribution in [3.8, 4) is 11.3 Å². The van der Waals surface area contributed by atoms with Crippen LogP contribution in [0.15, 0.2) is 51.9 Å². The second kappa shape index (κ2) is 9.02. The molecule has 0 saturated heterocycles. The van der Waals surface area contributed by atoms with E-state index in [2.05, 4.69) is 27.8 Å². The van der Waals surface area contributed by atoms with E-state index in [4.69, 9.17) is 11.6 Å². The molecule has 0 N–H and O–H groups in total. The molecular weight excluding hydrogens is 478 g/mol. The summed E-state index contributed by atoms with van der Waals surface area (Å²) in [6, 6.07) is 11.9. The largest absolute Gasteiger partial charge is 0.316 e. The van der Waals surface area contributed by atoms with E-state index in [1.165, 1.54) is 23.5 Å². The van der Waals surface area contributed by atoms with Gasteiger partial charge in [-0.05, 0) is 43.2 Å². The van der Waals surface area contributed by atoms with Crippen LogP contribution in [-0.2, 0) is 13.0 Å². The fourth-order valence-electron chi connectivity index (χ4n) is 2.94. The molecule has 1 aromatic heterocycles. The Labute approximate surface area is 184 Å². The zero-order valence-corrected chi connectivity index (χ0v) is 18.8. The number of halogens is 2. The molecule has 0 fully saturated rings. The summed E-state index contributed by atoms with van der Waals surface area (Å²) < 4.78 is 2.98. The number of carbonyl (C=O) groups is 1. The number of benzene rings is 2. The van der Waals surface area contributed by atoms with Crippen molar-refractivity contribution in [2.24, 2.45) is 4.99 Å². The maximum absolute atomic E-state index is 12.7. The number of rotatable bonds is 5. The van der Waals surface area contributed by atoms with Crippen LogP contribution in [0.5, 0.6) is 0 Å². The molecule has 3 aromatic rings. The van der Waals surface area contributed by atoms with E-state index in [1.54, 1.807) is 0 Å². The normalized spacial score (nSPS) is 11.7. The summed E-state index contributed by atoms with van der Waals surface area (Å²) >= 11 is 10.7. The average Bonchev–Trinajstić information content (AvgIpc) is 3.05. The SMILES string of the molecule is CCc1sc(=NC(=O)c2ccc(Cl)c([N+](=O)[O-])c2)n(CC)c1-c1ccc(Br)cc1. The van der Waals surface area contributed by atoms with Gasteiger partial charge in [-0.3, -0.25) is 14.9 Å². The summed E-state index contributed by atoms with van der Waals surface area (Å²) in [6.45, 7) is 4.68. The monoisotopic (exact) mass is 493 g/mol. The van der Waals surface area contributed by atoms with Crippen LogP contribution in [0.2, 0.25) is 5.02 Å². The Morgan fingerprint density at radius 2 is 1.93 bits per heavy atom. The Morgan fingerprint density at radius 1 is 1.24 bits per heavy atom. The second-order valence-corrected chi connectivity index (χ2v) is 8.49. The first-order chi connectivity index (χ1) is 13.8. The van der Waals surface area contributed by atoms with Gasteiger partial charge in [0.2, 0.25) is 0 Å². The third-order valence-electron chi connectivity index (χ3n) is 4.32.